The topological polar surface area (TPSA) is 55.4 Å². The Balaban J connectivity index is 1.50. The fourth-order valence-corrected chi connectivity index (χ4v) is 5.32. The number of methoxy groups -OCH3 is 1. The predicted octanol–water partition coefficient (Wildman–Crippen LogP) is 1.79. The minimum Gasteiger partial charge on any atom is -0.497 e. The summed E-state index contributed by atoms with van der Waals surface area (Å²) in [5.41, 5.74) is 6.40. The first kappa shape index (κ1) is 16.1. The molecular weight excluding hydrogens is 328 g/mol. The van der Waals surface area contributed by atoms with Crippen molar-refractivity contribution in [3.63, 3.8) is 0 Å². The maximum atomic E-state index is 12.3. The lowest BCUT2D eigenvalue weighted by Gasteiger charge is -2.48. The summed E-state index contributed by atoms with van der Waals surface area (Å²) in [7, 11) is 1.45. The van der Waals surface area contributed by atoms with Gasteiger partial charge in [-0.3, -0.25) is 10.2 Å². The summed E-state index contributed by atoms with van der Waals surface area (Å²) in [6.45, 7) is 4.18. The van der Waals surface area contributed by atoms with E-state index in [1.165, 1.54) is 29.6 Å². The number of para-hydroxylation sites is 1. The number of rotatable bonds is 1. The molecule has 5 heteroatoms. The molecule has 4 aliphatic heterocycles. The van der Waals surface area contributed by atoms with Gasteiger partial charge in [0.05, 0.1) is 31.1 Å². The minimum atomic E-state index is -0.246. The summed E-state index contributed by atoms with van der Waals surface area (Å²) < 4.78 is 10.8. The average molecular weight is 353 g/mol. The van der Waals surface area contributed by atoms with E-state index in [-0.39, 0.29) is 18.0 Å². The smallest absolute Gasteiger partial charge is 0.337 e. The van der Waals surface area contributed by atoms with E-state index < -0.39 is 0 Å². The minimum absolute atomic E-state index is 0.134. The Hall–Kier alpha value is -2.11. The molecule has 1 aromatic carbocycles. The number of carbonyl (C=O) groups is 1. The van der Waals surface area contributed by atoms with Crippen LogP contribution in [0.2, 0.25) is 0 Å². The second-order valence-corrected chi connectivity index (χ2v) is 7.84. The van der Waals surface area contributed by atoms with Crippen LogP contribution < -0.4 is 5.32 Å². The normalized spacial score (nSPS) is 32.6. The molecule has 0 radical (unpaired) electrons. The zero-order chi connectivity index (χ0) is 17.8. The van der Waals surface area contributed by atoms with E-state index in [0.29, 0.717) is 17.5 Å². The van der Waals surface area contributed by atoms with Crippen LogP contribution in [-0.2, 0) is 14.3 Å². The van der Waals surface area contributed by atoms with Crippen LogP contribution in [0.15, 0.2) is 41.8 Å². The standard InChI is InChI=1S/C21H24N2O3/c1-12-16-10-23-8-7-14-13-5-3-4-6-18(13)22-20(14)19(23)9-15(16)17(11-26-12)21(24)25-2/h3-6,11-12,15-16,19,22H,7-10H2,1-2H3/p+1/t12-,15?,16?,19?/m1/s1. The van der Waals surface area contributed by atoms with Gasteiger partial charge in [-0.05, 0) is 25.8 Å². The van der Waals surface area contributed by atoms with Crippen LogP contribution in [0, 0.1) is 11.8 Å². The molecule has 4 atom stereocenters. The molecule has 0 spiro atoms. The number of carbonyl (C=O) groups excluding carboxylic acids is 1. The number of quaternary nitrogens is 1. The number of piperidine rings is 1. The Morgan fingerprint density at radius 1 is 1.35 bits per heavy atom. The number of esters is 1. The highest BCUT2D eigenvalue weighted by Gasteiger charge is 2.49. The van der Waals surface area contributed by atoms with Gasteiger partial charge < -0.3 is 9.47 Å². The Kier molecular flexibility index (Phi) is 3.69. The number of hydrogen-bond acceptors (Lipinski definition) is 4. The van der Waals surface area contributed by atoms with Crippen molar-refractivity contribution in [1.29, 1.82) is 0 Å². The largest absolute Gasteiger partial charge is 0.497 e. The summed E-state index contributed by atoms with van der Waals surface area (Å²) in [5, 5.41) is 2.37. The van der Waals surface area contributed by atoms with Gasteiger partial charge in [-0.1, -0.05) is 12.1 Å². The zero-order valence-corrected chi connectivity index (χ0v) is 15.3. The summed E-state index contributed by atoms with van der Waals surface area (Å²) >= 11 is 0. The molecule has 5 nitrogen and oxygen atoms in total. The maximum Gasteiger partial charge on any atom is 0.337 e. The highest BCUT2D eigenvalue weighted by molar-refractivity contribution is 5.89. The third-order valence-electron chi connectivity index (χ3n) is 6.67. The van der Waals surface area contributed by atoms with Crippen molar-refractivity contribution < 1.29 is 19.6 Å². The van der Waals surface area contributed by atoms with Crippen LogP contribution in [0.3, 0.4) is 0 Å². The van der Waals surface area contributed by atoms with E-state index in [1.54, 1.807) is 6.26 Å². The SMILES string of the molecule is COC(=O)C1=CO[C@H](C)C2CN3CCC4=C([NH2+]c5ccccc54)C3CC12. The second kappa shape index (κ2) is 5.96. The van der Waals surface area contributed by atoms with Crippen molar-refractivity contribution in [3.8, 4) is 0 Å². The van der Waals surface area contributed by atoms with E-state index in [2.05, 4.69) is 41.4 Å². The lowest BCUT2D eigenvalue weighted by molar-refractivity contribution is -0.521. The first-order valence-electron chi connectivity index (χ1n) is 9.52. The number of benzene rings is 1. The Morgan fingerprint density at radius 3 is 3.04 bits per heavy atom. The highest BCUT2D eigenvalue weighted by atomic mass is 16.5. The number of fused-ring (bicyclic) bond motifs is 5. The van der Waals surface area contributed by atoms with Crippen molar-refractivity contribution in [2.75, 3.05) is 20.2 Å². The predicted molar refractivity (Wildman–Crippen MR) is 97.2 cm³/mol. The van der Waals surface area contributed by atoms with Gasteiger partial charge in [-0.25, -0.2) is 4.79 Å². The summed E-state index contributed by atoms with van der Waals surface area (Å²) in [6, 6.07) is 9.07. The van der Waals surface area contributed by atoms with E-state index in [1.807, 2.05) is 0 Å². The molecule has 1 aromatic rings. The van der Waals surface area contributed by atoms with Crippen LogP contribution >= 0.6 is 0 Å². The van der Waals surface area contributed by atoms with E-state index in [0.717, 1.165) is 25.9 Å². The average Bonchev–Trinajstić information content (AvgIpc) is 3.06. The van der Waals surface area contributed by atoms with Gasteiger partial charge in [0.25, 0.3) is 0 Å². The summed E-state index contributed by atoms with van der Waals surface area (Å²) in [4.78, 5) is 14.9. The van der Waals surface area contributed by atoms with Gasteiger partial charge >= 0.3 is 5.97 Å². The van der Waals surface area contributed by atoms with Gasteiger partial charge in [0, 0.05) is 42.1 Å². The highest BCUT2D eigenvalue weighted by Crippen LogP contribution is 2.45. The van der Waals surface area contributed by atoms with Crippen LogP contribution in [0.5, 0.6) is 0 Å². The molecule has 4 heterocycles. The van der Waals surface area contributed by atoms with E-state index >= 15 is 0 Å². The van der Waals surface area contributed by atoms with Gasteiger partial charge in [0.15, 0.2) is 0 Å². The molecule has 0 saturated carbocycles. The van der Waals surface area contributed by atoms with E-state index in [9.17, 15) is 4.79 Å². The molecule has 4 aliphatic rings. The van der Waals surface area contributed by atoms with Crippen LogP contribution in [-0.4, -0.2) is 43.2 Å². The van der Waals surface area contributed by atoms with Gasteiger partial charge in [-0.2, -0.15) is 0 Å². The second-order valence-electron chi connectivity index (χ2n) is 7.84. The zero-order valence-electron chi connectivity index (χ0n) is 15.3. The Labute approximate surface area is 153 Å². The first-order chi connectivity index (χ1) is 12.7. The number of nitrogens with zero attached hydrogens (tertiary/aromatic N) is 1. The van der Waals surface area contributed by atoms with Crippen molar-refractivity contribution in [1.82, 2.24) is 4.90 Å². The summed E-state index contributed by atoms with van der Waals surface area (Å²) in [5.74, 6) is 0.303. The van der Waals surface area contributed by atoms with Crippen molar-refractivity contribution in [3.05, 3.63) is 47.4 Å². The monoisotopic (exact) mass is 353 g/mol. The molecule has 136 valence electrons. The summed E-state index contributed by atoms with van der Waals surface area (Å²) in [6.07, 6.45) is 3.85. The van der Waals surface area contributed by atoms with Crippen molar-refractivity contribution >= 4 is 17.2 Å². The molecule has 0 bridgehead atoms. The van der Waals surface area contributed by atoms with Crippen LogP contribution in [0.25, 0.3) is 5.57 Å². The lowest BCUT2D eigenvalue weighted by Crippen LogP contribution is -2.79. The molecule has 0 aromatic heterocycles. The molecule has 2 N–H and O–H groups in total. The fourth-order valence-electron chi connectivity index (χ4n) is 5.32. The first-order valence-corrected chi connectivity index (χ1v) is 9.52. The molecule has 1 saturated heterocycles. The lowest BCUT2D eigenvalue weighted by atomic mass is 9.72. The molecule has 0 amide bonds. The molecular formula is C21H25N2O3+. The van der Waals surface area contributed by atoms with Gasteiger partial charge in [0.2, 0.25) is 0 Å². The van der Waals surface area contributed by atoms with Gasteiger partial charge in [0.1, 0.15) is 11.4 Å². The molecule has 3 unspecified atom stereocenters. The van der Waals surface area contributed by atoms with Crippen molar-refractivity contribution in [2.45, 2.75) is 31.9 Å². The third-order valence-corrected chi connectivity index (χ3v) is 6.67. The van der Waals surface area contributed by atoms with Gasteiger partial charge in [-0.15, -0.1) is 0 Å². The molecule has 0 aliphatic carbocycles. The molecule has 5 rings (SSSR count). The number of ether oxygens (including phenoxy) is 2. The quantitative estimate of drug-likeness (QED) is 0.618. The number of nitrogens with two attached hydrogens (primary N) is 1. The van der Waals surface area contributed by atoms with Crippen LogP contribution in [0.1, 0.15) is 25.3 Å². The Morgan fingerprint density at radius 2 is 2.19 bits per heavy atom. The van der Waals surface area contributed by atoms with Crippen LogP contribution in [0.4, 0.5) is 5.69 Å². The fraction of sp³-hybridized carbons (Fsp3) is 0.476. The molecule has 1 fully saturated rings. The van der Waals surface area contributed by atoms with E-state index in [4.69, 9.17) is 9.47 Å². The molecule has 26 heavy (non-hydrogen) atoms. The number of hydrogen-bond donors (Lipinski definition) is 1. The maximum absolute atomic E-state index is 12.3. The third kappa shape index (κ3) is 2.27. The van der Waals surface area contributed by atoms with Crippen molar-refractivity contribution in [2.24, 2.45) is 11.8 Å². The Bertz CT molecular complexity index is 828.